The van der Waals surface area contributed by atoms with Crippen LogP contribution < -0.4 is 4.90 Å². The Labute approximate surface area is 187 Å². The van der Waals surface area contributed by atoms with Crippen LogP contribution in [0.2, 0.25) is 0 Å². The first-order valence-corrected chi connectivity index (χ1v) is 11.2. The van der Waals surface area contributed by atoms with Crippen LogP contribution in [0, 0.1) is 0 Å². The maximum Gasteiger partial charge on any atom is 0.0629 e. The quantitative estimate of drug-likeness (QED) is 0.292. The van der Waals surface area contributed by atoms with Crippen LogP contribution in [0.5, 0.6) is 0 Å². The largest absolute Gasteiger partial charge is 0.333 e. The summed E-state index contributed by atoms with van der Waals surface area (Å²) in [6, 6.07) is 35.3. The molecule has 0 saturated carbocycles. The first-order valence-electron chi connectivity index (χ1n) is 11.2. The number of nitrogens with zero attached hydrogens (tertiary/aromatic N) is 2. The van der Waals surface area contributed by atoms with Gasteiger partial charge in [0.05, 0.1) is 22.8 Å². The summed E-state index contributed by atoms with van der Waals surface area (Å²) in [5.41, 5.74) is 7.68. The Morgan fingerprint density at radius 3 is 2.06 bits per heavy atom. The maximum absolute atomic E-state index is 2.55. The molecular weight excluding hydrogens is 388 g/mol. The summed E-state index contributed by atoms with van der Waals surface area (Å²) in [7, 11) is 0. The van der Waals surface area contributed by atoms with Gasteiger partial charge in [-0.1, -0.05) is 85.0 Å². The lowest BCUT2D eigenvalue weighted by Gasteiger charge is -2.29. The van der Waals surface area contributed by atoms with E-state index in [1.807, 2.05) is 0 Å². The lowest BCUT2D eigenvalue weighted by molar-refractivity contribution is 0.745. The highest BCUT2D eigenvalue weighted by Crippen LogP contribution is 2.52. The van der Waals surface area contributed by atoms with Crippen molar-refractivity contribution < 1.29 is 0 Å². The minimum absolute atomic E-state index is 0.293. The summed E-state index contributed by atoms with van der Waals surface area (Å²) in [6.45, 7) is 0. The summed E-state index contributed by atoms with van der Waals surface area (Å²) in [5, 5.41) is 2.64. The molecule has 32 heavy (non-hydrogen) atoms. The van der Waals surface area contributed by atoms with E-state index < -0.39 is 0 Å². The Hall–Kier alpha value is -4.04. The van der Waals surface area contributed by atoms with Gasteiger partial charge >= 0.3 is 0 Å². The minimum atomic E-state index is 0.293. The Balaban J connectivity index is 1.63. The van der Waals surface area contributed by atoms with Crippen LogP contribution in [0.1, 0.15) is 11.5 Å². The minimum Gasteiger partial charge on any atom is -0.333 e. The molecule has 5 aromatic rings. The summed E-state index contributed by atoms with van der Waals surface area (Å²) in [4.78, 5) is 2.55. The number of hydrogen-bond acceptors (Lipinski definition) is 1. The van der Waals surface area contributed by atoms with Gasteiger partial charge in [-0.3, -0.25) is 0 Å². The topological polar surface area (TPSA) is 8.17 Å². The molecule has 0 amide bonds. The average molecular weight is 411 g/mol. The van der Waals surface area contributed by atoms with Gasteiger partial charge in [0.1, 0.15) is 0 Å². The first-order chi connectivity index (χ1) is 15.9. The van der Waals surface area contributed by atoms with Gasteiger partial charge in [-0.2, -0.15) is 0 Å². The van der Waals surface area contributed by atoms with E-state index in [-0.39, 0.29) is 0 Å². The monoisotopic (exact) mass is 410 g/mol. The van der Waals surface area contributed by atoms with E-state index in [4.69, 9.17) is 0 Å². The summed E-state index contributed by atoms with van der Waals surface area (Å²) in [5.74, 6) is 0.360. The normalized spacial score (nSPS) is 18.9. The van der Waals surface area contributed by atoms with Crippen LogP contribution in [0.15, 0.2) is 121 Å². The number of hydrogen-bond donors (Lipinski definition) is 0. The van der Waals surface area contributed by atoms with Crippen molar-refractivity contribution in [2.45, 2.75) is 12.0 Å². The fraction of sp³-hybridized carbons (Fsp3) is 0.0667. The number of benzene rings is 4. The van der Waals surface area contributed by atoms with Gasteiger partial charge in [0.25, 0.3) is 0 Å². The SMILES string of the molecule is C1=CC2c3ccc4c(c3N(c3ccccc3)C2C=C1)c1ccccc1n4-c1ccccc1. The van der Waals surface area contributed by atoms with E-state index in [1.165, 1.54) is 44.4 Å². The van der Waals surface area contributed by atoms with Gasteiger partial charge in [-0.05, 0) is 42.0 Å². The van der Waals surface area contributed by atoms with Gasteiger partial charge in [0, 0.05) is 28.1 Å². The molecule has 2 unspecified atom stereocenters. The molecule has 0 N–H and O–H groups in total. The number of aromatic nitrogens is 1. The zero-order chi connectivity index (χ0) is 21.1. The second-order valence-corrected chi connectivity index (χ2v) is 8.58. The van der Waals surface area contributed by atoms with E-state index in [0.29, 0.717) is 12.0 Å². The third-order valence-corrected chi connectivity index (χ3v) is 6.90. The molecule has 0 fully saturated rings. The highest BCUT2D eigenvalue weighted by Gasteiger charge is 2.39. The van der Waals surface area contributed by atoms with E-state index >= 15 is 0 Å². The molecule has 2 atom stereocenters. The third-order valence-electron chi connectivity index (χ3n) is 6.90. The molecule has 152 valence electrons. The molecule has 4 aromatic carbocycles. The summed E-state index contributed by atoms with van der Waals surface area (Å²) >= 11 is 0. The predicted octanol–water partition coefficient (Wildman–Crippen LogP) is 7.51. The van der Waals surface area contributed by atoms with Crippen molar-refractivity contribution in [3.8, 4) is 5.69 Å². The van der Waals surface area contributed by atoms with E-state index in [1.54, 1.807) is 0 Å². The fourth-order valence-corrected chi connectivity index (χ4v) is 5.61. The Morgan fingerprint density at radius 2 is 1.25 bits per heavy atom. The van der Waals surface area contributed by atoms with Crippen molar-refractivity contribution >= 4 is 33.2 Å². The number of fused-ring (bicyclic) bond motifs is 7. The second-order valence-electron chi connectivity index (χ2n) is 8.58. The zero-order valence-electron chi connectivity index (χ0n) is 17.6. The molecule has 1 aromatic heterocycles. The molecule has 2 aliphatic rings. The summed E-state index contributed by atoms with van der Waals surface area (Å²) in [6.07, 6.45) is 9.08. The molecule has 1 aliphatic carbocycles. The van der Waals surface area contributed by atoms with Crippen molar-refractivity contribution in [3.63, 3.8) is 0 Å². The first kappa shape index (κ1) is 17.6. The Bertz CT molecular complexity index is 1520. The van der Waals surface area contributed by atoms with E-state index in [0.717, 1.165) is 0 Å². The second kappa shape index (κ2) is 6.73. The van der Waals surface area contributed by atoms with Crippen LogP contribution in [0.4, 0.5) is 11.4 Å². The maximum atomic E-state index is 2.55. The molecule has 2 heteroatoms. The van der Waals surface area contributed by atoms with Crippen molar-refractivity contribution in [1.82, 2.24) is 4.57 Å². The number of anilines is 2. The highest BCUT2D eigenvalue weighted by atomic mass is 15.2. The van der Waals surface area contributed by atoms with Crippen molar-refractivity contribution in [2.24, 2.45) is 0 Å². The lowest BCUT2D eigenvalue weighted by atomic mass is 9.91. The molecule has 1 aliphatic heterocycles. The van der Waals surface area contributed by atoms with Crippen LogP contribution in [-0.4, -0.2) is 10.6 Å². The van der Waals surface area contributed by atoms with Gasteiger partial charge in [-0.25, -0.2) is 0 Å². The van der Waals surface area contributed by atoms with Gasteiger partial charge in [0.15, 0.2) is 0 Å². The van der Waals surface area contributed by atoms with Crippen LogP contribution in [0.3, 0.4) is 0 Å². The van der Waals surface area contributed by atoms with Gasteiger partial charge < -0.3 is 9.47 Å². The fourth-order valence-electron chi connectivity index (χ4n) is 5.61. The average Bonchev–Trinajstić information content (AvgIpc) is 3.38. The van der Waals surface area contributed by atoms with Crippen molar-refractivity contribution in [2.75, 3.05) is 4.90 Å². The van der Waals surface area contributed by atoms with Crippen LogP contribution in [-0.2, 0) is 0 Å². The van der Waals surface area contributed by atoms with Crippen LogP contribution >= 0.6 is 0 Å². The van der Waals surface area contributed by atoms with Gasteiger partial charge in [-0.15, -0.1) is 0 Å². The third kappa shape index (κ3) is 2.35. The molecule has 7 rings (SSSR count). The number of para-hydroxylation sites is 3. The zero-order valence-corrected chi connectivity index (χ0v) is 17.6. The molecule has 0 saturated heterocycles. The standard InChI is InChI=1S/C30H22N2/c1-3-11-21(12-4-1)31-27-18-10-8-16-25(27)29-28(31)20-19-24-23-15-7-9-17-26(23)32(30(24)29)22-13-5-2-6-14-22/h1-20,23,26H. The smallest absolute Gasteiger partial charge is 0.0629 e. The highest BCUT2D eigenvalue weighted by molar-refractivity contribution is 6.17. The predicted molar refractivity (Wildman–Crippen MR) is 134 cm³/mol. The number of rotatable bonds is 2. The molecule has 0 bridgehead atoms. The number of allylic oxidation sites excluding steroid dienone is 2. The van der Waals surface area contributed by atoms with Crippen molar-refractivity contribution in [3.05, 3.63) is 127 Å². The van der Waals surface area contributed by atoms with E-state index in [9.17, 15) is 0 Å². The van der Waals surface area contributed by atoms with Crippen molar-refractivity contribution in [1.29, 1.82) is 0 Å². The molecular formula is C30H22N2. The molecule has 2 nitrogen and oxygen atoms in total. The summed E-state index contributed by atoms with van der Waals surface area (Å²) < 4.78 is 2.40. The Morgan fingerprint density at radius 1 is 0.562 bits per heavy atom. The molecule has 2 heterocycles. The Kier molecular flexibility index (Phi) is 3.71. The van der Waals surface area contributed by atoms with E-state index in [2.05, 4.69) is 131 Å². The van der Waals surface area contributed by atoms with Gasteiger partial charge in [0.2, 0.25) is 0 Å². The molecule has 0 radical (unpaired) electrons. The van der Waals surface area contributed by atoms with Crippen LogP contribution in [0.25, 0.3) is 27.5 Å². The lowest BCUT2D eigenvalue weighted by Crippen LogP contribution is -2.28. The molecule has 0 spiro atoms.